The average Bonchev–Trinajstić information content (AvgIpc) is 2.99. The summed E-state index contributed by atoms with van der Waals surface area (Å²) in [6.07, 6.45) is 0. The van der Waals surface area contributed by atoms with E-state index in [1.165, 1.54) is 18.2 Å². The first-order chi connectivity index (χ1) is 10.1. The molecular weight excluding hydrogens is 292 g/mol. The van der Waals surface area contributed by atoms with Gasteiger partial charge < -0.3 is 10.1 Å². The van der Waals surface area contributed by atoms with Crippen LogP contribution in [-0.4, -0.2) is 17.4 Å². The number of nitro groups is 1. The summed E-state index contributed by atoms with van der Waals surface area (Å²) in [4.78, 5) is 23.0. The molecule has 0 aliphatic heterocycles. The minimum absolute atomic E-state index is 0.0696. The third kappa shape index (κ3) is 4.28. The van der Waals surface area contributed by atoms with E-state index < -0.39 is 4.92 Å². The van der Waals surface area contributed by atoms with Crippen molar-refractivity contribution >= 4 is 22.9 Å². The second-order valence-electron chi connectivity index (χ2n) is 4.35. The lowest BCUT2D eigenvalue weighted by molar-refractivity contribution is -0.384. The van der Waals surface area contributed by atoms with Crippen LogP contribution in [0.5, 0.6) is 5.75 Å². The molecular formula is C14H14N2O4S. The lowest BCUT2D eigenvalue weighted by Crippen LogP contribution is -2.30. The molecule has 1 N–H and O–H groups in total. The molecule has 6 nitrogen and oxygen atoms in total. The molecule has 0 spiro atoms. The molecule has 1 aromatic heterocycles. The van der Waals surface area contributed by atoms with E-state index in [2.05, 4.69) is 5.32 Å². The molecule has 21 heavy (non-hydrogen) atoms. The zero-order valence-corrected chi connectivity index (χ0v) is 12.1. The van der Waals surface area contributed by atoms with Gasteiger partial charge in [0.05, 0.1) is 17.0 Å². The minimum Gasteiger partial charge on any atom is -0.484 e. The number of hydrogen-bond acceptors (Lipinski definition) is 5. The molecule has 7 heteroatoms. The maximum Gasteiger partial charge on any atom is 0.273 e. The molecule has 1 aromatic carbocycles. The Morgan fingerprint density at radius 1 is 1.43 bits per heavy atom. The van der Waals surface area contributed by atoms with Crippen LogP contribution in [0.3, 0.4) is 0 Å². The van der Waals surface area contributed by atoms with Crippen molar-refractivity contribution in [1.82, 2.24) is 5.32 Å². The van der Waals surface area contributed by atoms with Gasteiger partial charge in [-0.1, -0.05) is 12.1 Å². The number of nitro benzene ring substituents is 1. The summed E-state index contributed by atoms with van der Waals surface area (Å²) in [5.41, 5.74) is -0.0696. The standard InChI is InChI=1S/C14H14N2O4S/c1-10(13-6-3-7-21-13)15-14(17)9-20-12-5-2-4-11(8-12)16(18)19/h2-8,10H,9H2,1H3,(H,15,17). The molecule has 1 atom stereocenters. The predicted molar refractivity (Wildman–Crippen MR) is 79.5 cm³/mol. The van der Waals surface area contributed by atoms with Crippen LogP contribution in [0, 0.1) is 10.1 Å². The number of benzene rings is 1. The Labute approximate surface area is 125 Å². The number of non-ortho nitro benzene ring substituents is 1. The molecule has 0 saturated carbocycles. The first-order valence-electron chi connectivity index (χ1n) is 6.26. The van der Waals surface area contributed by atoms with Crippen LogP contribution in [0.25, 0.3) is 0 Å². The van der Waals surface area contributed by atoms with Crippen molar-refractivity contribution in [3.05, 3.63) is 56.8 Å². The van der Waals surface area contributed by atoms with Gasteiger partial charge >= 0.3 is 0 Å². The molecule has 110 valence electrons. The van der Waals surface area contributed by atoms with Gasteiger partial charge in [0.1, 0.15) is 5.75 Å². The van der Waals surface area contributed by atoms with Crippen molar-refractivity contribution in [3.8, 4) is 5.75 Å². The summed E-state index contributed by atoms with van der Waals surface area (Å²) in [6, 6.07) is 9.51. The lowest BCUT2D eigenvalue weighted by Gasteiger charge is -2.12. The Hall–Kier alpha value is -2.41. The number of nitrogens with one attached hydrogen (secondary N) is 1. The molecule has 0 fully saturated rings. The molecule has 2 rings (SSSR count). The topological polar surface area (TPSA) is 81.5 Å². The number of amides is 1. The Bertz CT molecular complexity index is 628. The van der Waals surface area contributed by atoms with Crippen molar-refractivity contribution < 1.29 is 14.5 Å². The van der Waals surface area contributed by atoms with Crippen molar-refractivity contribution in [2.45, 2.75) is 13.0 Å². The van der Waals surface area contributed by atoms with Gasteiger partial charge in [0, 0.05) is 10.9 Å². The lowest BCUT2D eigenvalue weighted by atomic mass is 10.3. The maximum absolute atomic E-state index is 11.8. The van der Waals surface area contributed by atoms with Crippen molar-refractivity contribution in [2.75, 3.05) is 6.61 Å². The van der Waals surface area contributed by atoms with E-state index in [9.17, 15) is 14.9 Å². The van der Waals surface area contributed by atoms with E-state index in [-0.39, 0.29) is 24.2 Å². The second-order valence-corrected chi connectivity index (χ2v) is 5.33. The number of thiophene rings is 1. The fourth-order valence-corrected chi connectivity index (χ4v) is 2.46. The SMILES string of the molecule is CC(NC(=O)COc1cccc([N+](=O)[O-])c1)c1cccs1. The summed E-state index contributed by atoms with van der Waals surface area (Å²) in [5.74, 6) is 0.0190. The van der Waals surface area contributed by atoms with Crippen LogP contribution >= 0.6 is 11.3 Å². The van der Waals surface area contributed by atoms with Gasteiger partial charge in [0.25, 0.3) is 11.6 Å². The Morgan fingerprint density at radius 3 is 2.90 bits per heavy atom. The Morgan fingerprint density at radius 2 is 2.24 bits per heavy atom. The van der Waals surface area contributed by atoms with E-state index in [1.807, 2.05) is 24.4 Å². The smallest absolute Gasteiger partial charge is 0.273 e. The van der Waals surface area contributed by atoms with Crippen LogP contribution in [0.2, 0.25) is 0 Å². The van der Waals surface area contributed by atoms with E-state index >= 15 is 0 Å². The van der Waals surface area contributed by atoms with Crippen molar-refractivity contribution in [2.24, 2.45) is 0 Å². The highest BCUT2D eigenvalue weighted by atomic mass is 32.1. The molecule has 2 aromatic rings. The third-order valence-electron chi connectivity index (χ3n) is 2.75. The number of nitrogens with zero attached hydrogens (tertiary/aromatic N) is 1. The summed E-state index contributed by atoms with van der Waals surface area (Å²) in [7, 11) is 0. The molecule has 0 aliphatic rings. The summed E-state index contributed by atoms with van der Waals surface area (Å²) < 4.78 is 5.26. The van der Waals surface area contributed by atoms with E-state index in [1.54, 1.807) is 17.4 Å². The fourth-order valence-electron chi connectivity index (χ4n) is 1.73. The average molecular weight is 306 g/mol. The van der Waals surface area contributed by atoms with Gasteiger partial charge in [0.15, 0.2) is 6.61 Å². The highest BCUT2D eigenvalue weighted by molar-refractivity contribution is 7.10. The van der Waals surface area contributed by atoms with E-state index in [0.29, 0.717) is 5.75 Å². The van der Waals surface area contributed by atoms with Crippen LogP contribution in [-0.2, 0) is 4.79 Å². The van der Waals surface area contributed by atoms with Gasteiger partial charge in [-0.25, -0.2) is 0 Å². The number of carbonyl (C=O) groups excluding carboxylic acids is 1. The van der Waals surface area contributed by atoms with Gasteiger partial charge in [0.2, 0.25) is 0 Å². The maximum atomic E-state index is 11.8. The van der Waals surface area contributed by atoms with Crippen LogP contribution in [0.4, 0.5) is 5.69 Å². The highest BCUT2D eigenvalue weighted by Crippen LogP contribution is 2.20. The number of hydrogen-bond donors (Lipinski definition) is 1. The normalized spacial score (nSPS) is 11.7. The minimum atomic E-state index is -0.508. The second kappa shape index (κ2) is 6.85. The van der Waals surface area contributed by atoms with Gasteiger partial charge in [-0.3, -0.25) is 14.9 Å². The van der Waals surface area contributed by atoms with Crippen molar-refractivity contribution in [1.29, 1.82) is 0 Å². The van der Waals surface area contributed by atoms with Crippen LogP contribution in [0.15, 0.2) is 41.8 Å². The third-order valence-corrected chi connectivity index (χ3v) is 3.80. The summed E-state index contributed by atoms with van der Waals surface area (Å²) in [5, 5.41) is 15.4. The molecule has 0 bridgehead atoms. The molecule has 1 amide bonds. The van der Waals surface area contributed by atoms with Crippen LogP contribution < -0.4 is 10.1 Å². The van der Waals surface area contributed by atoms with Crippen LogP contribution in [0.1, 0.15) is 17.8 Å². The highest BCUT2D eigenvalue weighted by Gasteiger charge is 2.12. The number of ether oxygens (including phenoxy) is 1. The molecule has 0 saturated heterocycles. The van der Waals surface area contributed by atoms with Gasteiger partial charge in [-0.15, -0.1) is 11.3 Å². The quantitative estimate of drug-likeness (QED) is 0.657. The molecule has 1 heterocycles. The zero-order chi connectivity index (χ0) is 15.2. The zero-order valence-electron chi connectivity index (χ0n) is 11.3. The first-order valence-corrected chi connectivity index (χ1v) is 7.14. The fraction of sp³-hybridized carbons (Fsp3) is 0.214. The van der Waals surface area contributed by atoms with E-state index in [4.69, 9.17) is 4.74 Å². The largest absolute Gasteiger partial charge is 0.484 e. The van der Waals surface area contributed by atoms with Crippen molar-refractivity contribution in [3.63, 3.8) is 0 Å². The predicted octanol–water partition coefficient (Wildman–Crippen LogP) is 2.91. The van der Waals surface area contributed by atoms with E-state index in [0.717, 1.165) is 4.88 Å². The summed E-state index contributed by atoms with van der Waals surface area (Å²) in [6.45, 7) is 1.70. The monoisotopic (exact) mass is 306 g/mol. The molecule has 1 unspecified atom stereocenters. The first kappa shape index (κ1) is 15.0. The molecule has 0 aliphatic carbocycles. The van der Waals surface area contributed by atoms with Gasteiger partial charge in [-0.05, 0) is 24.4 Å². The molecule has 0 radical (unpaired) electrons. The number of rotatable bonds is 6. The Balaban J connectivity index is 1.86. The number of carbonyl (C=O) groups is 1. The van der Waals surface area contributed by atoms with Gasteiger partial charge in [-0.2, -0.15) is 0 Å². The Kier molecular flexibility index (Phi) is 4.89. The summed E-state index contributed by atoms with van der Waals surface area (Å²) >= 11 is 1.56.